The van der Waals surface area contributed by atoms with Crippen LogP contribution in [0.1, 0.15) is 18.4 Å². The predicted octanol–water partition coefficient (Wildman–Crippen LogP) is 2.17. The number of halogens is 1. The third-order valence-electron chi connectivity index (χ3n) is 6.32. The Labute approximate surface area is 180 Å². The molecule has 3 heterocycles. The molecule has 2 fully saturated rings. The number of hydrogen-bond acceptors (Lipinski definition) is 5. The lowest BCUT2D eigenvalue weighted by molar-refractivity contribution is 0.251. The van der Waals surface area contributed by atoms with E-state index in [0.717, 1.165) is 35.3 Å². The molecule has 0 amide bonds. The van der Waals surface area contributed by atoms with Crippen molar-refractivity contribution in [3.63, 3.8) is 0 Å². The van der Waals surface area contributed by atoms with Gasteiger partial charge in [0, 0.05) is 39.4 Å². The molecule has 1 aromatic carbocycles. The van der Waals surface area contributed by atoms with Gasteiger partial charge in [0.15, 0.2) is 0 Å². The first-order chi connectivity index (χ1) is 14.9. The molecule has 0 unspecified atom stereocenters. The minimum absolute atomic E-state index is 0.304. The van der Waals surface area contributed by atoms with Gasteiger partial charge < -0.3 is 9.88 Å². The molecule has 1 spiro atoms. The van der Waals surface area contributed by atoms with Gasteiger partial charge in [-0.05, 0) is 43.0 Å². The normalized spacial score (nSPS) is 18.9. The van der Waals surface area contributed by atoms with Crippen molar-refractivity contribution in [1.29, 1.82) is 0 Å². The molecule has 0 bridgehead atoms. The summed E-state index contributed by atoms with van der Waals surface area (Å²) < 4.78 is 43.2. The zero-order valence-electron chi connectivity index (χ0n) is 17.3. The van der Waals surface area contributed by atoms with Crippen LogP contribution in [0.3, 0.4) is 0 Å². The van der Waals surface area contributed by atoms with Gasteiger partial charge in [0.05, 0.1) is 10.9 Å². The maximum atomic E-state index is 13.4. The highest BCUT2D eigenvalue weighted by Gasteiger charge is 2.56. The summed E-state index contributed by atoms with van der Waals surface area (Å²) in [6.45, 7) is 1.89. The number of rotatable bonds is 6. The SMILES string of the molecule is CN(CCc1cccc(F)c1)S(=O)(=O)N1CCN(c2ncnc3[nH]ccc23)CC12CC2. The maximum absolute atomic E-state index is 13.4. The quantitative estimate of drug-likeness (QED) is 0.630. The zero-order chi connectivity index (χ0) is 21.6. The second kappa shape index (κ2) is 7.54. The van der Waals surface area contributed by atoms with Crippen LogP contribution in [-0.2, 0) is 16.6 Å². The highest BCUT2D eigenvalue weighted by atomic mass is 32.2. The Bertz CT molecular complexity index is 1210. The fourth-order valence-corrected chi connectivity index (χ4v) is 6.13. The lowest BCUT2D eigenvalue weighted by Gasteiger charge is -2.43. The molecule has 31 heavy (non-hydrogen) atoms. The van der Waals surface area contributed by atoms with E-state index in [2.05, 4.69) is 19.9 Å². The highest BCUT2D eigenvalue weighted by Crippen LogP contribution is 2.47. The van der Waals surface area contributed by atoms with E-state index in [4.69, 9.17) is 0 Å². The van der Waals surface area contributed by atoms with Crippen LogP contribution in [0.15, 0.2) is 42.9 Å². The number of likely N-dealkylation sites (N-methyl/N-ethyl adjacent to an activating group) is 1. The molecule has 1 saturated heterocycles. The topological polar surface area (TPSA) is 85.4 Å². The van der Waals surface area contributed by atoms with Crippen LogP contribution in [0.5, 0.6) is 0 Å². The molecule has 2 aliphatic rings. The fourth-order valence-electron chi connectivity index (χ4n) is 4.43. The minimum atomic E-state index is -3.62. The van der Waals surface area contributed by atoms with E-state index in [1.165, 1.54) is 22.8 Å². The Hall–Kier alpha value is -2.56. The van der Waals surface area contributed by atoms with Crippen LogP contribution >= 0.6 is 0 Å². The number of piperazine rings is 1. The van der Waals surface area contributed by atoms with Gasteiger partial charge in [-0.25, -0.2) is 14.4 Å². The lowest BCUT2D eigenvalue weighted by Crippen LogP contribution is -2.59. The third-order valence-corrected chi connectivity index (χ3v) is 8.42. The number of anilines is 1. The van der Waals surface area contributed by atoms with Crippen LogP contribution in [0, 0.1) is 5.82 Å². The smallest absolute Gasteiger partial charge is 0.282 e. The summed E-state index contributed by atoms with van der Waals surface area (Å²) in [5, 5.41) is 0.946. The van der Waals surface area contributed by atoms with Crippen molar-refractivity contribution in [1.82, 2.24) is 23.6 Å². The molecule has 1 saturated carbocycles. The summed E-state index contributed by atoms with van der Waals surface area (Å²) in [5.74, 6) is 0.534. The third kappa shape index (κ3) is 3.68. The van der Waals surface area contributed by atoms with Gasteiger partial charge in [0.2, 0.25) is 0 Å². The molecular formula is C21H25FN6O2S. The molecule has 0 radical (unpaired) electrons. The van der Waals surface area contributed by atoms with Crippen molar-refractivity contribution in [2.75, 3.05) is 38.1 Å². The monoisotopic (exact) mass is 444 g/mol. The first kappa shape index (κ1) is 20.3. The van der Waals surface area contributed by atoms with Crippen molar-refractivity contribution >= 4 is 27.1 Å². The molecular weight excluding hydrogens is 419 g/mol. The zero-order valence-corrected chi connectivity index (χ0v) is 18.1. The molecule has 3 aromatic rings. The predicted molar refractivity (Wildman–Crippen MR) is 116 cm³/mol. The van der Waals surface area contributed by atoms with Gasteiger partial charge in [0.25, 0.3) is 10.2 Å². The van der Waals surface area contributed by atoms with E-state index in [1.54, 1.807) is 17.4 Å². The summed E-state index contributed by atoms with van der Waals surface area (Å²) in [4.78, 5) is 14.0. The van der Waals surface area contributed by atoms with Crippen molar-refractivity contribution in [3.05, 3.63) is 54.2 Å². The van der Waals surface area contributed by atoms with Crippen molar-refractivity contribution in [2.45, 2.75) is 24.8 Å². The van der Waals surface area contributed by atoms with Crippen molar-refractivity contribution in [3.8, 4) is 0 Å². The number of fused-ring (bicyclic) bond motifs is 1. The number of aromatic amines is 1. The number of nitrogens with one attached hydrogen (secondary N) is 1. The second-order valence-electron chi connectivity index (χ2n) is 8.36. The van der Waals surface area contributed by atoms with E-state index >= 15 is 0 Å². The van der Waals surface area contributed by atoms with Crippen LogP contribution in [0.25, 0.3) is 11.0 Å². The number of nitrogens with zero attached hydrogens (tertiary/aromatic N) is 5. The standard InChI is InChI=1S/C21H25FN6O2S/c1-26(10-6-16-3-2-4-17(22)13-16)31(29,30)28-12-11-27(14-21(28)7-8-21)20-18-5-9-23-19(18)24-15-25-20/h2-5,9,13,15H,6-8,10-12,14H2,1H3,(H,23,24,25). The van der Waals surface area contributed by atoms with Gasteiger partial charge >= 0.3 is 0 Å². The average Bonchev–Trinajstić information content (AvgIpc) is 3.33. The molecule has 1 aliphatic carbocycles. The van der Waals surface area contributed by atoms with Crippen molar-refractivity contribution < 1.29 is 12.8 Å². The average molecular weight is 445 g/mol. The Kier molecular flexibility index (Phi) is 4.95. The van der Waals surface area contributed by atoms with Gasteiger partial charge in [0.1, 0.15) is 23.6 Å². The van der Waals surface area contributed by atoms with Gasteiger partial charge in [-0.1, -0.05) is 12.1 Å². The summed E-state index contributed by atoms with van der Waals surface area (Å²) in [6, 6.07) is 8.25. The number of H-pyrrole nitrogens is 1. The highest BCUT2D eigenvalue weighted by molar-refractivity contribution is 7.86. The van der Waals surface area contributed by atoms with Crippen molar-refractivity contribution in [2.24, 2.45) is 0 Å². The van der Waals surface area contributed by atoms with Gasteiger partial charge in [-0.15, -0.1) is 0 Å². The molecule has 1 aliphatic heterocycles. The lowest BCUT2D eigenvalue weighted by atomic mass is 10.1. The Morgan fingerprint density at radius 1 is 1.23 bits per heavy atom. The van der Waals surface area contributed by atoms with Gasteiger partial charge in [-0.3, -0.25) is 0 Å². The van der Waals surface area contributed by atoms with Crippen LogP contribution in [0.2, 0.25) is 0 Å². The minimum Gasteiger partial charge on any atom is -0.353 e. The molecule has 5 rings (SSSR count). The summed E-state index contributed by atoms with van der Waals surface area (Å²) in [7, 11) is -2.02. The number of benzene rings is 1. The van der Waals surface area contributed by atoms with E-state index < -0.39 is 15.7 Å². The summed E-state index contributed by atoms with van der Waals surface area (Å²) in [6.07, 6.45) is 5.51. The molecule has 1 N–H and O–H groups in total. The van der Waals surface area contributed by atoms with Gasteiger partial charge in [-0.2, -0.15) is 17.0 Å². The molecule has 10 heteroatoms. The number of aromatic nitrogens is 3. The van der Waals surface area contributed by atoms with Crippen LogP contribution < -0.4 is 4.90 Å². The first-order valence-electron chi connectivity index (χ1n) is 10.4. The molecule has 8 nitrogen and oxygen atoms in total. The molecule has 2 aromatic heterocycles. The number of hydrogen-bond donors (Lipinski definition) is 1. The molecule has 164 valence electrons. The Balaban J connectivity index is 1.31. The van der Waals surface area contributed by atoms with E-state index in [9.17, 15) is 12.8 Å². The Morgan fingerprint density at radius 3 is 2.84 bits per heavy atom. The first-order valence-corrected chi connectivity index (χ1v) is 11.8. The molecule has 0 atom stereocenters. The largest absolute Gasteiger partial charge is 0.353 e. The maximum Gasteiger partial charge on any atom is 0.282 e. The summed E-state index contributed by atoms with van der Waals surface area (Å²) >= 11 is 0. The second-order valence-corrected chi connectivity index (χ2v) is 10.3. The van der Waals surface area contributed by atoms with Crippen LogP contribution in [-0.4, -0.2) is 70.7 Å². The Morgan fingerprint density at radius 2 is 2.06 bits per heavy atom. The fraction of sp³-hybridized carbons (Fsp3) is 0.429. The van der Waals surface area contributed by atoms with E-state index in [1.807, 2.05) is 18.3 Å². The summed E-state index contributed by atoms with van der Waals surface area (Å²) in [5.41, 5.74) is 1.17. The van der Waals surface area contributed by atoms with Crippen LogP contribution in [0.4, 0.5) is 10.2 Å². The van der Waals surface area contributed by atoms with E-state index in [-0.39, 0.29) is 5.82 Å². The van der Waals surface area contributed by atoms with E-state index in [0.29, 0.717) is 32.6 Å².